The van der Waals surface area contributed by atoms with Crippen LogP contribution in [0.3, 0.4) is 0 Å². The number of anilines is 2. The van der Waals surface area contributed by atoms with E-state index in [9.17, 15) is 4.39 Å². The van der Waals surface area contributed by atoms with Gasteiger partial charge < -0.3 is 5.32 Å². The highest BCUT2D eigenvalue weighted by molar-refractivity contribution is 6.28. The van der Waals surface area contributed by atoms with Gasteiger partial charge in [0, 0.05) is 17.4 Å². The van der Waals surface area contributed by atoms with Gasteiger partial charge in [-0.2, -0.15) is 4.98 Å². The molecule has 3 nitrogen and oxygen atoms in total. The first kappa shape index (κ1) is 15.2. The van der Waals surface area contributed by atoms with Crippen molar-refractivity contribution in [1.82, 2.24) is 9.97 Å². The van der Waals surface area contributed by atoms with E-state index >= 15 is 0 Å². The smallest absolute Gasteiger partial charge is 0.224 e. The molecule has 0 aliphatic heterocycles. The van der Waals surface area contributed by atoms with E-state index < -0.39 is 0 Å². The van der Waals surface area contributed by atoms with Crippen molar-refractivity contribution < 1.29 is 4.39 Å². The molecule has 114 valence electrons. The van der Waals surface area contributed by atoms with Gasteiger partial charge in [-0.3, -0.25) is 0 Å². The van der Waals surface area contributed by atoms with Crippen molar-refractivity contribution in [3.05, 3.63) is 83.0 Å². The first-order valence-corrected chi connectivity index (χ1v) is 7.37. The molecular weight excluding hydrogens is 313 g/mol. The molecule has 0 atom stereocenters. The summed E-state index contributed by atoms with van der Waals surface area (Å²) in [4.78, 5) is 8.24. The lowest BCUT2D eigenvalue weighted by molar-refractivity contribution is 0.628. The zero-order valence-corrected chi connectivity index (χ0v) is 12.8. The van der Waals surface area contributed by atoms with Crippen LogP contribution in [0, 0.1) is 5.82 Å². The largest absolute Gasteiger partial charge is 0.340 e. The number of para-hydroxylation sites is 1. The summed E-state index contributed by atoms with van der Waals surface area (Å²) in [5, 5.41) is 3.38. The Kier molecular flexibility index (Phi) is 4.64. The molecule has 0 spiro atoms. The number of nitrogens with zero attached hydrogens (tertiary/aromatic N) is 2. The molecule has 2 aromatic carbocycles. The molecule has 0 saturated heterocycles. The maximum Gasteiger partial charge on any atom is 0.224 e. The van der Waals surface area contributed by atoms with Gasteiger partial charge in [0.05, 0.1) is 0 Å². The van der Waals surface area contributed by atoms with Gasteiger partial charge in [0.2, 0.25) is 5.28 Å². The molecule has 0 bridgehead atoms. The van der Waals surface area contributed by atoms with Crippen LogP contribution in [0.1, 0.15) is 11.1 Å². The SMILES string of the molecule is Fc1ccc(/C=C/c2cnc(Cl)nc2Nc2ccccc2)cc1. The minimum absolute atomic E-state index is 0.169. The normalized spacial score (nSPS) is 10.9. The molecule has 0 aliphatic rings. The molecule has 1 heterocycles. The van der Waals surface area contributed by atoms with Crippen molar-refractivity contribution in [2.45, 2.75) is 0 Å². The minimum Gasteiger partial charge on any atom is -0.340 e. The van der Waals surface area contributed by atoms with E-state index in [1.807, 2.05) is 42.5 Å². The Balaban J connectivity index is 1.88. The predicted molar refractivity (Wildman–Crippen MR) is 92.1 cm³/mol. The van der Waals surface area contributed by atoms with E-state index in [1.165, 1.54) is 12.1 Å². The van der Waals surface area contributed by atoms with Crippen molar-refractivity contribution in [2.24, 2.45) is 0 Å². The summed E-state index contributed by atoms with van der Waals surface area (Å²) >= 11 is 5.89. The summed E-state index contributed by atoms with van der Waals surface area (Å²) in [5.41, 5.74) is 2.56. The molecule has 0 fully saturated rings. The summed E-state index contributed by atoms with van der Waals surface area (Å²) in [5.74, 6) is 0.345. The van der Waals surface area contributed by atoms with Crippen LogP contribution in [0.5, 0.6) is 0 Å². The van der Waals surface area contributed by atoms with E-state index in [4.69, 9.17) is 11.6 Å². The van der Waals surface area contributed by atoms with Gasteiger partial charge >= 0.3 is 0 Å². The second-order valence-electron chi connectivity index (χ2n) is 4.82. The lowest BCUT2D eigenvalue weighted by atomic mass is 10.1. The fourth-order valence-corrected chi connectivity index (χ4v) is 2.14. The number of rotatable bonds is 4. The Morgan fingerprint density at radius 2 is 1.70 bits per heavy atom. The Morgan fingerprint density at radius 3 is 2.43 bits per heavy atom. The molecule has 0 saturated carbocycles. The molecule has 0 aliphatic carbocycles. The fourth-order valence-electron chi connectivity index (χ4n) is 2.01. The maximum absolute atomic E-state index is 12.9. The summed E-state index contributed by atoms with van der Waals surface area (Å²) in [6, 6.07) is 15.9. The number of nitrogens with one attached hydrogen (secondary N) is 1. The topological polar surface area (TPSA) is 37.8 Å². The molecule has 23 heavy (non-hydrogen) atoms. The summed E-state index contributed by atoms with van der Waals surface area (Å²) in [7, 11) is 0. The molecule has 0 amide bonds. The van der Waals surface area contributed by atoms with Crippen LogP contribution in [0.4, 0.5) is 15.9 Å². The Morgan fingerprint density at radius 1 is 0.957 bits per heavy atom. The lowest BCUT2D eigenvalue weighted by Crippen LogP contribution is -1.98. The van der Waals surface area contributed by atoms with Gasteiger partial charge in [-0.1, -0.05) is 36.4 Å². The number of hydrogen-bond donors (Lipinski definition) is 1. The van der Waals surface area contributed by atoms with Crippen molar-refractivity contribution in [2.75, 3.05) is 5.32 Å². The minimum atomic E-state index is -0.261. The van der Waals surface area contributed by atoms with E-state index in [0.717, 1.165) is 16.8 Å². The highest BCUT2D eigenvalue weighted by Gasteiger charge is 2.04. The zero-order chi connectivity index (χ0) is 16.1. The molecule has 5 heteroatoms. The average molecular weight is 326 g/mol. The third kappa shape index (κ3) is 4.14. The molecule has 3 aromatic rings. The van der Waals surface area contributed by atoms with Crippen LogP contribution in [0.15, 0.2) is 60.8 Å². The molecule has 0 radical (unpaired) electrons. The third-order valence-corrected chi connectivity index (χ3v) is 3.33. The van der Waals surface area contributed by atoms with Gasteiger partial charge in [0.15, 0.2) is 0 Å². The molecule has 0 unspecified atom stereocenters. The zero-order valence-electron chi connectivity index (χ0n) is 12.1. The van der Waals surface area contributed by atoms with Crippen LogP contribution in [0.2, 0.25) is 5.28 Å². The number of benzene rings is 2. The van der Waals surface area contributed by atoms with Crippen LogP contribution < -0.4 is 5.32 Å². The van der Waals surface area contributed by atoms with Crippen molar-refractivity contribution in [1.29, 1.82) is 0 Å². The van der Waals surface area contributed by atoms with Gasteiger partial charge in [-0.25, -0.2) is 9.37 Å². The fraction of sp³-hybridized carbons (Fsp3) is 0. The number of aromatic nitrogens is 2. The average Bonchev–Trinajstić information content (AvgIpc) is 2.57. The standard InChI is InChI=1S/C18H13ClFN3/c19-18-21-12-14(9-6-13-7-10-15(20)11-8-13)17(23-18)22-16-4-2-1-3-5-16/h1-12H,(H,21,22,23)/b9-6+. The van der Waals surface area contributed by atoms with E-state index in [-0.39, 0.29) is 11.1 Å². The monoisotopic (exact) mass is 325 g/mol. The van der Waals surface area contributed by atoms with Gasteiger partial charge in [-0.15, -0.1) is 0 Å². The van der Waals surface area contributed by atoms with Gasteiger partial charge in [0.25, 0.3) is 0 Å². The third-order valence-electron chi connectivity index (χ3n) is 3.15. The van der Waals surface area contributed by atoms with Gasteiger partial charge in [0.1, 0.15) is 11.6 Å². The highest BCUT2D eigenvalue weighted by atomic mass is 35.5. The first-order chi connectivity index (χ1) is 11.2. The van der Waals surface area contributed by atoms with Crippen molar-refractivity contribution in [3.8, 4) is 0 Å². The van der Waals surface area contributed by atoms with Crippen LogP contribution in [0.25, 0.3) is 12.2 Å². The Labute approximate surface area is 138 Å². The molecule has 3 rings (SSSR count). The molecule has 1 aromatic heterocycles. The quantitative estimate of drug-likeness (QED) is 0.671. The van der Waals surface area contributed by atoms with Crippen LogP contribution in [-0.4, -0.2) is 9.97 Å². The van der Waals surface area contributed by atoms with E-state index in [0.29, 0.717) is 5.82 Å². The summed E-state index contributed by atoms with van der Waals surface area (Å²) in [6.07, 6.45) is 5.36. The van der Waals surface area contributed by atoms with Crippen LogP contribution >= 0.6 is 11.6 Å². The first-order valence-electron chi connectivity index (χ1n) is 6.99. The summed E-state index contributed by atoms with van der Waals surface area (Å²) < 4.78 is 12.9. The number of hydrogen-bond acceptors (Lipinski definition) is 3. The van der Waals surface area contributed by atoms with Crippen LogP contribution in [-0.2, 0) is 0 Å². The lowest BCUT2D eigenvalue weighted by Gasteiger charge is -2.08. The van der Waals surface area contributed by atoms with Crippen molar-refractivity contribution >= 4 is 35.3 Å². The van der Waals surface area contributed by atoms with Gasteiger partial charge in [-0.05, 0) is 47.5 Å². The van der Waals surface area contributed by atoms with E-state index in [1.54, 1.807) is 18.3 Å². The number of halogens is 2. The van der Waals surface area contributed by atoms with Crippen molar-refractivity contribution in [3.63, 3.8) is 0 Å². The highest BCUT2D eigenvalue weighted by Crippen LogP contribution is 2.21. The maximum atomic E-state index is 12.9. The second-order valence-corrected chi connectivity index (χ2v) is 5.16. The predicted octanol–water partition coefficient (Wildman–Crippen LogP) is 5.18. The molecular formula is C18H13ClFN3. The second kappa shape index (κ2) is 7.03. The Hall–Kier alpha value is -2.72. The molecule has 1 N–H and O–H groups in total. The summed E-state index contributed by atoms with van der Waals surface area (Å²) in [6.45, 7) is 0. The Bertz CT molecular complexity index is 817. The van der Waals surface area contributed by atoms with E-state index in [2.05, 4.69) is 15.3 Å².